The van der Waals surface area contributed by atoms with Crippen molar-refractivity contribution in [3.63, 3.8) is 0 Å². The summed E-state index contributed by atoms with van der Waals surface area (Å²) in [6, 6.07) is 7.20. The Morgan fingerprint density at radius 3 is 2.58 bits per heavy atom. The summed E-state index contributed by atoms with van der Waals surface area (Å²) in [4.78, 5) is 37.7. The molecule has 0 atom stereocenters. The van der Waals surface area contributed by atoms with Crippen LogP contribution >= 0.6 is 0 Å². The van der Waals surface area contributed by atoms with Gasteiger partial charge in [0.05, 0.1) is 0 Å². The van der Waals surface area contributed by atoms with Crippen molar-refractivity contribution in [2.24, 2.45) is 0 Å². The summed E-state index contributed by atoms with van der Waals surface area (Å²) in [5, 5.41) is 5.39. The zero-order chi connectivity index (χ0) is 16.9. The van der Waals surface area contributed by atoms with E-state index in [1.807, 2.05) is 6.07 Å². The van der Waals surface area contributed by atoms with Gasteiger partial charge in [-0.2, -0.15) is 0 Å². The number of nitrogens with one attached hydrogen (secondary N) is 2. The van der Waals surface area contributed by atoms with Crippen molar-refractivity contribution >= 4 is 29.1 Å². The molecule has 3 rings (SSSR count). The largest absolute Gasteiger partial charge is 0.345 e. The SMILES string of the molecule is O=C(Nc1cccc(N2CCCCC2=O)c1)C(=O)NC1CCCC1. The molecule has 2 fully saturated rings. The average molecular weight is 329 g/mol. The van der Waals surface area contributed by atoms with Crippen molar-refractivity contribution in [1.82, 2.24) is 5.32 Å². The van der Waals surface area contributed by atoms with E-state index in [1.54, 1.807) is 23.1 Å². The summed E-state index contributed by atoms with van der Waals surface area (Å²) in [7, 11) is 0. The Morgan fingerprint density at radius 2 is 1.83 bits per heavy atom. The molecule has 2 N–H and O–H groups in total. The maximum absolute atomic E-state index is 12.0. The lowest BCUT2D eigenvalue weighted by Gasteiger charge is -2.27. The molecule has 3 amide bonds. The lowest BCUT2D eigenvalue weighted by atomic mass is 10.1. The Kier molecular flexibility index (Phi) is 5.13. The number of hydrogen-bond donors (Lipinski definition) is 2. The highest BCUT2D eigenvalue weighted by atomic mass is 16.2. The van der Waals surface area contributed by atoms with Crippen LogP contribution < -0.4 is 15.5 Å². The number of carbonyl (C=O) groups excluding carboxylic acids is 3. The predicted molar refractivity (Wildman–Crippen MR) is 91.7 cm³/mol. The Morgan fingerprint density at radius 1 is 1.04 bits per heavy atom. The van der Waals surface area contributed by atoms with Crippen molar-refractivity contribution < 1.29 is 14.4 Å². The fourth-order valence-corrected chi connectivity index (χ4v) is 3.34. The van der Waals surface area contributed by atoms with Crippen LogP contribution in [0.4, 0.5) is 11.4 Å². The van der Waals surface area contributed by atoms with Gasteiger partial charge in [-0.1, -0.05) is 18.9 Å². The minimum absolute atomic E-state index is 0.101. The van der Waals surface area contributed by atoms with Crippen LogP contribution in [0.15, 0.2) is 24.3 Å². The third kappa shape index (κ3) is 3.93. The van der Waals surface area contributed by atoms with Gasteiger partial charge in [0.25, 0.3) is 0 Å². The van der Waals surface area contributed by atoms with E-state index in [0.717, 1.165) is 44.2 Å². The van der Waals surface area contributed by atoms with E-state index in [-0.39, 0.29) is 11.9 Å². The zero-order valence-electron chi connectivity index (χ0n) is 13.7. The summed E-state index contributed by atoms with van der Waals surface area (Å²) in [5.74, 6) is -1.16. The molecule has 2 aliphatic rings. The molecule has 1 aliphatic heterocycles. The van der Waals surface area contributed by atoms with Gasteiger partial charge in [-0.15, -0.1) is 0 Å². The van der Waals surface area contributed by atoms with Gasteiger partial charge in [-0.25, -0.2) is 0 Å². The second kappa shape index (κ2) is 7.47. The second-order valence-corrected chi connectivity index (χ2v) is 6.46. The summed E-state index contributed by atoms with van der Waals surface area (Å²) in [6.45, 7) is 0.693. The van der Waals surface area contributed by atoms with Gasteiger partial charge in [-0.3, -0.25) is 14.4 Å². The van der Waals surface area contributed by atoms with Gasteiger partial charge in [0.15, 0.2) is 0 Å². The van der Waals surface area contributed by atoms with E-state index in [2.05, 4.69) is 10.6 Å². The molecule has 24 heavy (non-hydrogen) atoms. The molecule has 6 heteroatoms. The standard InChI is InChI=1S/C18H23N3O3/c22-16-10-3-4-11-21(16)15-9-5-8-14(12-15)20-18(24)17(23)19-13-6-1-2-7-13/h5,8-9,12-13H,1-4,6-7,10-11H2,(H,19,23)(H,20,24). The topological polar surface area (TPSA) is 78.5 Å². The highest BCUT2D eigenvalue weighted by molar-refractivity contribution is 6.39. The summed E-state index contributed by atoms with van der Waals surface area (Å²) >= 11 is 0. The Balaban J connectivity index is 1.62. The molecule has 1 heterocycles. The van der Waals surface area contributed by atoms with E-state index in [0.29, 0.717) is 18.7 Å². The van der Waals surface area contributed by atoms with E-state index in [9.17, 15) is 14.4 Å². The minimum Gasteiger partial charge on any atom is -0.345 e. The monoisotopic (exact) mass is 329 g/mol. The van der Waals surface area contributed by atoms with Crippen molar-refractivity contribution in [1.29, 1.82) is 0 Å². The fraction of sp³-hybridized carbons (Fsp3) is 0.500. The predicted octanol–water partition coefficient (Wildman–Crippen LogP) is 2.20. The quantitative estimate of drug-likeness (QED) is 0.835. The van der Waals surface area contributed by atoms with E-state index in [4.69, 9.17) is 0 Å². The number of anilines is 2. The molecule has 0 aromatic heterocycles. The second-order valence-electron chi connectivity index (χ2n) is 6.46. The van der Waals surface area contributed by atoms with Gasteiger partial charge in [0.1, 0.15) is 0 Å². The Bertz CT molecular complexity index is 638. The molecule has 6 nitrogen and oxygen atoms in total. The van der Waals surface area contributed by atoms with Gasteiger partial charge >= 0.3 is 11.8 Å². The highest BCUT2D eigenvalue weighted by Gasteiger charge is 2.22. The Labute approximate surface area is 141 Å². The number of amides is 3. The normalized spacial score (nSPS) is 18.5. The fourth-order valence-electron chi connectivity index (χ4n) is 3.34. The van der Waals surface area contributed by atoms with E-state index in [1.165, 1.54) is 0 Å². The molecule has 0 radical (unpaired) electrons. The first kappa shape index (κ1) is 16.5. The average Bonchev–Trinajstić information content (AvgIpc) is 3.08. The smallest absolute Gasteiger partial charge is 0.313 e. The van der Waals surface area contributed by atoms with Crippen molar-refractivity contribution in [3.8, 4) is 0 Å². The molecule has 0 spiro atoms. The number of benzene rings is 1. The van der Waals surface area contributed by atoms with Gasteiger partial charge < -0.3 is 15.5 Å². The van der Waals surface area contributed by atoms with Crippen molar-refractivity contribution in [3.05, 3.63) is 24.3 Å². The molecule has 0 unspecified atom stereocenters. The summed E-state index contributed by atoms with van der Waals surface area (Å²) < 4.78 is 0. The summed E-state index contributed by atoms with van der Waals surface area (Å²) in [6.07, 6.45) is 6.52. The van der Waals surface area contributed by atoms with E-state index >= 15 is 0 Å². The van der Waals surface area contributed by atoms with Crippen molar-refractivity contribution in [2.75, 3.05) is 16.8 Å². The van der Waals surface area contributed by atoms with Crippen molar-refractivity contribution in [2.45, 2.75) is 51.0 Å². The first-order valence-corrected chi connectivity index (χ1v) is 8.66. The number of carbonyl (C=O) groups is 3. The van der Waals surface area contributed by atoms with Gasteiger partial charge in [0, 0.05) is 30.4 Å². The van der Waals surface area contributed by atoms with Gasteiger partial charge in [0.2, 0.25) is 5.91 Å². The molecule has 1 aromatic carbocycles. The Hall–Kier alpha value is -2.37. The van der Waals surface area contributed by atoms with E-state index < -0.39 is 11.8 Å². The highest BCUT2D eigenvalue weighted by Crippen LogP contribution is 2.24. The molecule has 1 aromatic rings. The lowest BCUT2D eigenvalue weighted by Crippen LogP contribution is -2.40. The molecule has 1 aliphatic carbocycles. The zero-order valence-corrected chi connectivity index (χ0v) is 13.7. The van der Waals surface area contributed by atoms with Crippen LogP contribution in [0.1, 0.15) is 44.9 Å². The number of nitrogens with zero attached hydrogens (tertiary/aromatic N) is 1. The molecular formula is C18H23N3O3. The first-order chi connectivity index (χ1) is 11.6. The lowest BCUT2D eigenvalue weighted by molar-refractivity contribution is -0.136. The van der Waals surface area contributed by atoms with Crippen LogP contribution in [0.2, 0.25) is 0 Å². The third-order valence-electron chi connectivity index (χ3n) is 4.64. The van der Waals surface area contributed by atoms with Crippen LogP contribution in [0.5, 0.6) is 0 Å². The van der Waals surface area contributed by atoms with Crippen LogP contribution in [0, 0.1) is 0 Å². The van der Waals surface area contributed by atoms with Crippen LogP contribution in [0.3, 0.4) is 0 Å². The number of rotatable bonds is 3. The van der Waals surface area contributed by atoms with Crippen LogP contribution in [-0.4, -0.2) is 30.3 Å². The number of hydrogen-bond acceptors (Lipinski definition) is 3. The van der Waals surface area contributed by atoms with Crippen LogP contribution in [0.25, 0.3) is 0 Å². The van der Waals surface area contributed by atoms with Crippen LogP contribution in [-0.2, 0) is 14.4 Å². The molecule has 128 valence electrons. The molecule has 1 saturated carbocycles. The maximum atomic E-state index is 12.0. The maximum Gasteiger partial charge on any atom is 0.313 e. The number of piperidine rings is 1. The molecule has 1 saturated heterocycles. The first-order valence-electron chi connectivity index (χ1n) is 8.66. The third-order valence-corrected chi connectivity index (χ3v) is 4.64. The van der Waals surface area contributed by atoms with Gasteiger partial charge in [-0.05, 0) is 43.9 Å². The molecular weight excluding hydrogens is 306 g/mol. The summed E-state index contributed by atoms with van der Waals surface area (Å²) in [5.41, 5.74) is 1.28. The molecule has 0 bridgehead atoms. The minimum atomic E-state index is -0.663.